The molecule has 1 aliphatic heterocycles. The lowest BCUT2D eigenvalue weighted by atomic mass is 9.94. The van der Waals surface area contributed by atoms with E-state index in [2.05, 4.69) is 17.6 Å². The zero-order chi connectivity index (χ0) is 13.1. The molecule has 19 heavy (non-hydrogen) atoms. The lowest BCUT2D eigenvalue weighted by Gasteiger charge is -2.30. The average molecular weight is 283 g/mol. The SMILES string of the molecule is Cc1cccc(C)c1C(=O)NC1CNCCC1C.Cl. The number of carbonyl (C=O) groups excluding carboxylic acids is 1. The van der Waals surface area contributed by atoms with Crippen LogP contribution in [0.1, 0.15) is 34.8 Å². The van der Waals surface area contributed by atoms with Crippen molar-refractivity contribution >= 4 is 18.3 Å². The van der Waals surface area contributed by atoms with Crippen LogP contribution in [0.25, 0.3) is 0 Å². The summed E-state index contributed by atoms with van der Waals surface area (Å²) < 4.78 is 0. The molecule has 0 radical (unpaired) electrons. The molecule has 106 valence electrons. The first-order valence-corrected chi connectivity index (χ1v) is 6.67. The van der Waals surface area contributed by atoms with Crippen LogP contribution in [0.2, 0.25) is 0 Å². The highest BCUT2D eigenvalue weighted by Gasteiger charge is 2.24. The molecule has 2 atom stereocenters. The van der Waals surface area contributed by atoms with Crippen LogP contribution in [0.15, 0.2) is 18.2 Å². The van der Waals surface area contributed by atoms with Gasteiger partial charge >= 0.3 is 0 Å². The summed E-state index contributed by atoms with van der Waals surface area (Å²) in [6, 6.07) is 6.21. The van der Waals surface area contributed by atoms with Gasteiger partial charge in [-0.15, -0.1) is 12.4 Å². The molecule has 1 fully saturated rings. The van der Waals surface area contributed by atoms with Crippen molar-refractivity contribution in [3.05, 3.63) is 34.9 Å². The van der Waals surface area contributed by atoms with Crippen LogP contribution in [0.4, 0.5) is 0 Å². The smallest absolute Gasteiger partial charge is 0.252 e. The minimum absolute atomic E-state index is 0. The Bertz CT molecular complexity index is 428. The quantitative estimate of drug-likeness (QED) is 0.875. The molecular formula is C15H23ClN2O. The van der Waals surface area contributed by atoms with E-state index in [0.29, 0.717) is 5.92 Å². The van der Waals surface area contributed by atoms with E-state index in [1.54, 1.807) is 0 Å². The Morgan fingerprint density at radius 3 is 2.53 bits per heavy atom. The largest absolute Gasteiger partial charge is 0.348 e. The van der Waals surface area contributed by atoms with Crippen LogP contribution in [0.5, 0.6) is 0 Å². The molecule has 0 saturated carbocycles. The van der Waals surface area contributed by atoms with Crippen molar-refractivity contribution in [3.8, 4) is 0 Å². The predicted molar refractivity (Wildman–Crippen MR) is 81.1 cm³/mol. The van der Waals surface area contributed by atoms with E-state index < -0.39 is 0 Å². The summed E-state index contributed by atoms with van der Waals surface area (Å²) in [7, 11) is 0. The minimum atomic E-state index is 0. The van der Waals surface area contributed by atoms with Crippen molar-refractivity contribution in [2.75, 3.05) is 13.1 Å². The van der Waals surface area contributed by atoms with Gasteiger partial charge in [0.1, 0.15) is 0 Å². The summed E-state index contributed by atoms with van der Waals surface area (Å²) in [5, 5.41) is 6.50. The number of benzene rings is 1. The molecular weight excluding hydrogens is 260 g/mol. The third-order valence-corrected chi connectivity index (χ3v) is 3.85. The number of hydrogen-bond acceptors (Lipinski definition) is 2. The lowest BCUT2D eigenvalue weighted by molar-refractivity contribution is 0.0914. The maximum absolute atomic E-state index is 12.4. The van der Waals surface area contributed by atoms with Gasteiger partial charge in [0.2, 0.25) is 0 Å². The number of hydrogen-bond donors (Lipinski definition) is 2. The van der Waals surface area contributed by atoms with Gasteiger partial charge < -0.3 is 10.6 Å². The van der Waals surface area contributed by atoms with E-state index in [1.165, 1.54) is 0 Å². The Kier molecular flexibility index (Phi) is 5.83. The zero-order valence-electron chi connectivity index (χ0n) is 11.8. The van der Waals surface area contributed by atoms with Gasteiger partial charge in [-0.1, -0.05) is 25.1 Å². The van der Waals surface area contributed by atoms with Crippen molar-refractivity contribution in [1.29, 1.82) is 0 Å². The van der Waals surface area contributed by atoms with Crippen molar-refractivity contribution in [1.82, 2.24) is 10.6 Å². The number of amides is 1. The highest BCUT2D eigenvalue weighted by atomic mass is 35.5. The molecule has 2 rings (SSSR count). The number of aryl methyl sites for hydroxylation is 2. The maximum Gasteiger partial charge on any atom is 0.252 e. The molecule has 2 N–H and O–H groups in total. The van der Waals surface area contributed by atoms with E-state index in [4.69, 9.17) is 0 Å². The molecule has 0 bridgehead atoms. The molecule has 4 heteroatoms. The molecule has 1 heterocycles. The Morgan fingerprint density at radius 2 is 1.95 bits per heavy atom. The van der Waals surface area contributed by atoms with Crippen LogP contribution in [0.3, 0.4) is 0 Å². The van der Waals surface area contributed by atoms with Gasteiger partial charge in [0.05, 0.1) is 0 Å². The van der Waals surface area contributed by atoms with Gasteiger partial charge in [0, 0.05) is 18.2 Å². The Labute approximate surface area is 121 Å². The van der Waals surface area contributed by atoms with Crippen molar-refractivity contribution in [2.45, 2.75) is 33.2 Å². The lowest BCUT2D eigenvalue weighted by Crippen LogP contribution is -2.50. The highest BCUT2D eigenvalue weighted by Crippen LogP contribution is 2.16. The van der Waals surface area contributed by atoms with Crippen LogP contribution in [-0.4, -0.2) is 25.0 Å². The summed E-state index contributed by atoms with van der Waals surface area (Å²) in [4.78, 5) is 12.4. The molecule has 0 spiro atoms. The number of carbonyl (C=O) groups is 1. The van der Waals surface area contributed by atoms with Crippen molar-refractivity contribution in [3.63, 3.8) is 0 Å². The van der Waals surface area contributed by atoms with E-state index in [-0.39, 0.29) is 24.4 Å². The summed E-state index contributed by atoms with van der Waals surface area (Å²) in [6.07, 6.45) is 1.12. The van der Waals surface area contributed by atoms with Crippen molar-refractivity contribution in [2.24, 2.45) is 5.92 Å². The molecule has 2 unspecified atom stereocenters. The first-order valence-electron chi connectivity index (χ1n) is 6.67. The summed E-state index contributed by atoms with van der Waals surface area (Å²) in [6.45, 7) is 8.11. The van der Waals surface area contributed by atoms with Gasteiger partial charge in [-0.05, 0) is 43.9 Å². The normalized spacial score (nSPS) is 22.5. The fourth-order valence-electron chi connectivity index (χ4n) is 2.60. The Morgan fingerprint density at radius 1 is 1.32 bits per heavy atom. The standard InChI is InChI=1S/C15H22N2O.ClH/c1-10-7-8-16-9-13(10)17-15(18)14-11(2)5-4-6-12(14)3;/h4-6,10,13,16H,7-9H2,1-3H3,(H,17,18);1H. The van der Waals surface area contributed by atoms with Crippen LogP contribution in [-0.2, 0) is 0 Å². The van der Waals surface area contributed by atoms with Crippen LogP contribution < -0.4 is 10.6 Å². The third kappa shape index (κ3) is 3.71. The molecule has 1 aromatic rings. The maximum atomic E-state index is 12.4. The number of piperidine rings is 1. The fraction of sp³-hybridized carbons (Fsp3) is 0.533. The summed E-state index contributed by atoms with van der Waals surface area (Å²) in [5.41, 5.74) is 2.92. The van der Waals surface area contributed by atoms with Crippen molar-refractivity contribution < 1.29 is 4.79 Å². The molecule has 1 aliphatic rings. The minimum Gasteiger partial charge on any atom is -0.348 e. The summed E-state index contributed by atoms with van der Waals surface area (Å²) in [5.74, 6) is 0.602. The first kappa shape index (κ1) is 16.0. The molecule has 3 nitrogen and oxygen atoms in total. The average Bonchev–Trinajstić information content (AvgIpc) is 2.32. The van der Waals surface area contributed by atoms with Gasteiger partial charge in [-0.2, -0.15) is 0 Å². The molecule has 0 aliphatic carbocycles. The second kappa shape index (κ2) is 6.92. The predicted octanol–water partition coefficient (Wildman–Crippen LogP) is 2.45. The van der Waals surface area contributed by atoms with Crippen LogP contribution in [0, 0.1) is 19.8 Å². The topological polar surface area (TPSA) is 41.1 Å². The number of rotatable bonds is 2. The molecule has 1 amide bonds. The van der Waals surface area contributed by atoms with Gasteiger partial charge in [0.25, 0.3) is 5.91 Å². The molecule has 1 saturated heterocycles. The fourth-order valence-corrected chi connectivity index (χ4v) is 2.60. The zero-order valence-corrected chi connectivity index (χ0v) is 12.6. The Hall–Kier alpha value is -1.06. The van der Waals surface area contributed by atoms with E-state index in [9.17, 15) is 4.79 Å². The van der Waals surface area contributed by atoms with E-state index in [0.717, 1.165) is 36.2 Å². The monoisotopic (exact) mass is 282 g/mol. The molecule has 1 aromatic carbocycles. The number of halogens is 1. The molecule has 0 aromatic heterocycles. The van der Waals surface area contributed by atoms with Gasteiger partial charge in [0.15, 0.2) is 0 Å². The van der Waals surface area contributed by atoms with Crippen LogP contribution >= 0.6 is 12.4 Å². The second-order valence-electron chi connectivity index (χ2n) is 5.32. The van der Waals surface area contributed by atoms with Gasteiger partial charge in [-0.3, -0.25) is 4.79 Å². The van der Waals surface area contributed by atoms with E-state index in [1.807, 2.05) is 32.0 Å². The van der Waals surface area contributed by atoms with Gasteiger partial charge in [-0.25, -0.2) is 0 Å². The second-order valence-corrected chi connectivity index (χ2v) is 5.32. The van der Waals surface area contributed by atoms with E-state index >= 15 is 0 Å². The number of nitrogens with one attached hydrogen (secondary N) is 2. The Balaban J connectivity index is 0.00000180. The summed E-state index contributed by atoms with van der Waals surface area (Å²) >= 11 is 0. The third-order valence-electron chi connectivity index (χ3n) is 3.85. The first-order chi connectivity index (χ1) is 8.59. The highest BCUT2D eigenvalue weighted by molar-refractivity contribution is 5.97.